The van der Waals surface area contributed by atoms with Crippen molar-refractivity contribution in [3.8, 4) is 50.6 Å². The molecule has 9 aromatic rings. The second-order valence-corrected chi connectivity index (χ2v) is 12.2. The van der Waals surface area contributed by atoms with Gasteiger partial charge in [0.2, 0.25) is 0 Å². The monoisotopic (exact) mass is 635 g/mol. The number of H-pyrrole nitrogens is 2. The van der Waals surface area contributed by atoms with Gasteiger partial charge in [0.05, 0.1) is 46.8 Å². The average molecular weight is 636 g/mol. The van der Waals surface area contributed by atoms with E-state index >= 15 is 0 Å². The van der Waals surface area contributed by atoms with Crippen molar-refractivity contribution in [2.45, 2.75) is 6.92 Å². The van der Waals surface area contributed by atoms with E-state index in [2.05, 4.69) is 89.7 Å². The largest absolute Gasteiger partial charge is 0.497 e. The Morgan fingerprint density at radius 3 is 2.29 bits per heavy atom. The smallest absolute Gasteiger partial charge is 0.260 e. The van der Waals surface area contributed by atoms with Gasteiger partial charge in [-0.1, -0.05) is 96.6 Å². The van der Waals surface area contributed by atoms with Crippen molar-refractivity contribution in [1.82, 2.24) is 24.9 Å². The van der Waals surface area contributed by atoms with Gasteiger partial charge >= 0.3 is 0 Å². The first-order valence-electron chi connectivity index (χ1n) is 16.1. The fourth-order valence-electron chi connectivity index (χ4n) is 6.83. The Morgan fingerprint density at radius 2 is 1.45 bits per heavy atom. The highest BCUT2D eigenvalue weighted by Gasteiger charge is 2.24. The van der Waals surface area contributed by atoms with E-state index in [1.807, 2.05) is 48.5 Å². The molecule has 0 fully saturated rings. The van der Waals surface area contributed by atoms with Crippen LogP contribution < -0.4 is 10.3 Å². The van der Waals surface area contributed by atoms with Crippen LogP contribution >= 0.6 is 0 Å². The van der Waals surface area contributed by atoms with Crippen molar-refractivity contribution < 1.29 is 4.74 Å². The average Bonchev–Trinajstić information content (AvgIpc) is 3.54. The summed E-state index contributed by atoms with van der Waals surface area (Å²) in [5.41, 5.74) is 9.72. The SMILES string of the molecule is COc1ccc2cc(-c3cc(-c4ccc(C)cc4)nc4nc(-c5c(-c6ccccc6)[nH]c6ccccc56)c5c(=O)[nH]cnc5c34)ccc2c1. The van der Waals surface area contributed by atoms with Crippen LogP contribution in [0, 0.1) is 6.92 Å². The molecule has 4 aromatic heterocycles. The van der Waals surface area contributed by atoms with E-state index in [-0.39, 0.29) is 5.56 Å². The third kappa shape index (κ3) is 4.74. The van der Waals surface area contributed by atoms with Crippen molar-refractivity contribution in [2.75, 3.05) is 7.11 Å². The lowest BCUT2D eigenvalue weighted by molar-refractivity contribution is 0.415. The fourth-order valence-corrected chi connectivity index (χ4v) is 6.83. The summed E-state index contributed by atoms with van der Waals surface area (Å²) in [7, 11) is 1.67. The Bertz CT molecular complexity index is 2780. The van der Waals surface area contributed by atoms with Gasteiger partial charge in [0.1, 0.15) is 5.75 Å². The molecule has 0 aliphatic carbocycles. The number of benzene rings is 5. The van der Waals surface area contributed by atoms with Crippen molar-refractivity contribution in [2.24, 2.45) is 0 Å². The normalized spacial score (nSPS) is 11.6. The van der Waals surface area contributed by atoms with Crippen LogP contribution in [0.25, 0.3) is 88.5 Å². The minimum absolute atomic E-state index is 0.266. The van der Waals surface area contributed by atoms with E-state index in [1.54, 1.807) is 7.11 Å². The van der Waals surface area contributed by atoms with Gasteiger partial charge in [0, 0.05) is 22.0 Å². The molecule has 7 heteroatoms. The first-order chi connectivity index (χ1) is 24.1. The van der Waals surface area contributed by atoms with Gasteiger partial charge in [-0.2, -0.15) is 0 Å². The van der Waals surface area contributed by atoms with E-state index in [0.717, 1.165) is 77.6 Å². The summed E-state index contributed by atoms with van der Waals surface area (Å²) in [4.78, 5) is 35.7. The number of nitrogens with one attached hydrogen (secondary N) is 2. The van der Waals surface area contributed by atoms with E-state index in [1.165, 1.54) is 6.33 Å². The molecule has 4 heterocycles. The molecule has 0 unspecified atom stereocenters. The van der Waals surface area contributed by atoms with Gasteiger partial charge in [0.25, 0.3) is 5.56 Å². The molecular weight excluding hydrogens is 606 g/mol. The molecule has 7 nitrogen and oxygen atoms in total. The van der Waals surface area contributed by atoms with Crippen LogP contribution in [0.2, 0.25) is 0 Å². The van der Waals surface area contributed by atoms with Crippen LogP contribution in [0.15, 0.2) is 132 Å². The molecule has 2 N–H and O–H groups in total. The molecule has 0 aliphatic rings. The highest BCUT2D eigenvalue weighted by molar-refractivity contribution is 6.17. The van der Waals surface area contributed by atoms with Gasteiger partial charge in [-0.05, 0) is 64.7 Å². The molecule has 0 radical (unpaired) electrons. The quantitative estimate of drug-likeness (QED) is 0.184. The number of hydrogen-bond donors (Lipinski definition) is 2. The highest BCUT2D eigenvalue weighted by Crippen LogP contribution is 2.43. The van der Waals surface area contributed by atoms with Crippen molar-refractivity contribution in [3.63, 3.8) is 0 Å². The van der Waals surface area contributed by atoms with Crippen LogP contribution in [0.4, 0.5) is 0 Å². The maximum atomic E-state index is 13.9. The number of aryl methyl sites for hydroxylation is 1. The predicted molar refractivity (Wildman–Crippen MR) is 198 cm³/mol. The van der Waals surface area contributed by atoms with Gasteiger partial charge in [-0.25, -0.2) is 15.0 Å². The van der Waals surface area contributed by atoms with Crippen LogP contribution in [0.3, 0.4) is 0 Å². The standard InChI is InChI=1S/C42H29N5O2/c1-24-12-14-25(15-13-24)34-22-32(29-17-16-28-21-30(49-2)19-18-27(28)20-29)36-39-37(42(48)44-23-43-39)40(47-41(36)46-34)35-31-10-6-7-11-33(31)45-38(35)26-8-4-3-5-9-26/h3-23,45H,1-2H3,(H,43,44,48). The first-order valence-corrected chi connectivity index (χ1v) is 16.1. The molecule has 49 heavy (non-hydrogen) atoms. The number of fused-ring (bicyclic) bond motifs is 5. The van der Waals surface area contributed by atoms with Gasteiger partial charge in [-0.3, -0.25) is 4.79 Å². The third-order valence-corrected chi connectivity index (χ3v) is 9.26. The first kappa shape index (κ1) is 28.6. The second kappa shape index (κ2) is 11.3. The number of nitrogens with zero attached hydrogens (tertiary/aromatic N) is 3. The Balaban J connectivity index is 1.42. The molecule has 234 valence electrons. The molecule has 0 saturated heterocycles. The summed E-state index contributed by atoms with van der Waals surface area (Å²) < 4.78 is 5.47. The Labute approximate surface area is 280 Å². The van der Waals surface area contributed by atoms with Crippen molar-refractivity contribution in [1.29, 1.82) is 0 Å². The Kier molecular flexibility index (Phi) is 6.59. The van der Waals surface area contributed by atoms with E-state index in [9.17, 15) is 4.79 Å². The number of ether oxygens (including phenoxy) is 1. The van der Waals surface area contributed by atoms with E-state index in [4.69, 9.17) is 19.7 Å². The minimum Gasteiger partial charge on any atom is -0.497 e. The van der Waals surface area contributed by atoms with Gasteiger partial charge < -0.3 is 14.7 Å². The zero-order chi connectivity index (χ0) is 33.1. The summed E-state index contributed by atoms with van der Waals surface area (Å²) in [5.74, 6) is 0.801. The lowest BCUT2D eigenvalue weighted by Gasteiger charge is -2.15. The molecule has 5 aromatic carbocycles. The maximum Gasteiger partial charge on any atom is 0.260 e. The number of aromatic amines is 2. The van der Waals surface area contributed by atoms with E-state index in [0.29, 0.717) is 22.2 Å². The maximum absolute atomic E-state index is 13.9. The van der Waals surface area contributed by atoms with Gasteiger partial charge in [-0.15, -0.1) is 0 Å². The fraction of sp³-hybridized carbons (Fsp3) is 0.0476. The number of pyridine rings is 2. The zero-order valence-corrected chi connectivity index (χ0v) is 26.8. The van der Waals surface area contributed by atoms with Crippen LogP contribution in [0.5, 0.6) is 5.75 Å². The molecular formula is C42H29N5O2. The molecule has 0 amide bonds. The third-order valence-electron chi connectivity index (χ3n) is 9.26. The minimum atomic E-state index is -0.266. The zero-order valence-electron chi connectivity index (χ0n) is 26.8. The molecule has 0 saturated carbocycles. The number of aromatic nitrogens is 5. The summed E-state index contributed by atoms with van der Waals surface area (Å²) in [6.07, 6.45) is 1.46. The summed E-state index contributed by atoms with van der Waals surface area (Å²) in [6.45, 7) is 2.07. The molecule has 0 bridgehead atoms. The topological polar surface area (TPSA) is 96.5 Å². The number of hydrogen-bond acceptors (Lipinski definition) is 5. The van der Waals surface area contributed by atoms with E-state index < -0.39 is 0 Å². The second-order valence-electron chi connectivity index (χ2n) is 12.2. The van der Waals surface area contributed by atoms with Crippen molar-refractivity contribution >= 4 is 43.6 Å². The molecule has 0 spiro atoms. The predicted octanol–water partition coefficient (Wildman–Crippen LogP) is 9.49. The number of methoxy groups -OCH3 is 1. The Hall–Kier alpha value is -6.60. The van der Waals surface area contributed by atoms with Crippen LogP contribution in [-0.4, -0.2) is 32.0 Å². The summed E-state index contributed by atoms with van der Waals surface area (Å²) in [6, 6.07) is 41.0. The van der Waals surface area contributed by atoms with Crippen LogP contribution in [0.1, 0.15) is 5.56 Å². The summed E-state index contributed by atoms with van der Waals surface area (Å²) >= 11 is 0. The number of rotatable bonds is 5. The number of para-hydroxylation sites is 1. The van der Waals surface area contributed by atoms with Gasteiger partial charge in [0.15, 0.2) is 5.65 Å². The van der Waals surface area contributed by atoms with Crippen molar-refractivity contribution in [3.05, 3.63) is 144 Å². The van der Waals surface area contributed by atoms with Crippen LogP contribution in [-0.2, 0) is 0 Å². The molecule has 9 rings (SSSR count). The Morgan fingerprint density at radius 1 is 0.694 bits per heavy atom. The summed E-state index contributed by atoms with van der Waals surface area (Å²) in [5, 5.41) is 4.21. The lowest BCUT2D eigenvalue weighted by Crippen LogP contribution is -2.10. The molecule has 0 atom stereocenters. The molecule has 0 aliphatic heterocycles. The lowest BCUT2D eigenvalue weighted by atomic mass is 9.94. The highest BCUT2D eigenvalue weighted by atomic mass is 16.5.